The van der Waals surface area contributed by atoms with E-state index in [1.165, 1.54) is 16.8 Å². The van der Waals surface area contributed by atoms with E-state index in [1.807, 2.05) is 4.90 Å². The molecule has 0 saturated carbocycles. The second kappa shape index (κ2) is 8.54. The van der Waals surface area contributed by atoms with Gasteiger partial charge in [-0.15, -0.1) is 0 Å². The fourth-order valence-corrected chi connectivity index (χ4v) is 3.56. The smallest absolute Gasteiger partial charge is 0.317 e. The first-order chi connectivity index (χ1) is 12.1. The van der Waals surface area contributed by atoms with E-state index in [2.05, 4.69) is 47.2 Å². The van der Waals surface area contributed by atoms with E-state index in [-0.39, 0.29) is 6.03 Å². The van der Waals surface area contributed by atoms with Crippen molar-refractivity contribution in [3.63, 3.8) is 0 Å². The van der Waals surface area contributed by atoms with Crippen LogP contribution in [-0.4, -0.2) is 81.4 Å². The van der Waals surface area contributed by atoms with Gasteiger partial charge in [0.1, 0.15) is 0 Å². The van der Waals surface area contributed by atoms with Crippen molar-refractivity contribution < 1.29 is 9.53 Å². The van der Waals surface area contributed by atoms with E-state index in [4.69, 9.17) is 4.74 Å². The number of amides is 2. The van der Waals surface area contributed by atoms with Crippen LogP contribution in [0.4, 0.5) is 10.5 Å². The molecule has 0 unspecified atom stereocenters. The molecule has 2 heterocycles. The molecule has 2 amide bonds. The summed E-state index contributed by atoms with van der Waals surface area (Å²) in [6, 6.07) is 6.71. The number of carbonyl (C=O) groups is 1. The van der Waals surface area contributed by atoms with Crippen molar-refractivity contribution in [2.45, 2.75) is 13.8 Å². The Morgan fingerprint density at radius 1 is 1.00 bits per heavy atom. The summed E-state index contributed by atoms with van der Waals surface area (Å²) in [6.45, 7) is 12.7. The van der Waals surface area contributed by atoms with Gasteiger partial charge in [0, 0.05) is 58.0 Å². The molecule has 0 radical (unpaired) electrons. The van der Waals surface area contributed by atoms with Crippen LogP contribution in [-0.2, 0) is 4.74 Å². The van der Waals surface area contributed by atoms with Gasteiger partial charge in [-0.1, -0.05) is 6.07 Å². The highest BCUT2D eigenvalue weighted by molar-refractivity contribution is 5.74. The van der Waals surface area contributed by atoms with Crippen molar-refractivity contribution in [3.8, 4) is 0 Å². The number of hydrogen-bond donors (Lipinski definition) is 1. The fraction of sp³-hybridized carbons (Fsp3) is 0.632. The van der Waals surface area contributed by atoms with Crippen molar-refractivity contribution >= 4 is 11.7 Å². The first-order valence-electron chi connectivity index (χ1n) is 9.28. The average Bonchev–Trinajstić information content (AvgIpc) is 2.62. The van der Waals surface area contributed by atoms with Crippen molar-refractivity contribution in [1.29, 1.82) is 0 Å². The molecule has 0 aliphatic carbocycles. The summed E-state index contributed by atoms with van der Waals surface area (Å²) in [6.07, 6.45) is 0. The Bertz CT molecular complexity index is 559. The van der Waals surface area contributed by atoms with Crippen LogP contribution in [0, 0.1) is 13.8 Å². The van der Waals surface area contributed by atoms with Gasteiger partial charge in [0.25, 0.3) is 0 Å². The van der Waals surface area contributed by atoms with Gasteiger partial charge < -0.3 is 19.9 Å². The van der Waals surface area contributed by atoms with Gasteiger partial charge in [-0.25, -0.2) is 4.79 Å². The van der Waals surface area contributed by atoms with Crippen molar-refractivity contribution in [2.24, 2.45) is 0 Å². The molecule has 0 bridgehead atoms. The molecule has 2 aliphatic heterocycles. The van der Waals surface area contributed by atoms with Gasteiger partial charge in [-0.05, 0) is 37.1 Å². The first kappa shape index (κ1) is 18.0. The number of benzene rings is 1. The number of piperazine rings is 1. The maximum absolute atomic E-state index is 12.3. The van der Waals surface area contributed by atoms with Gasteiger partial charge in [-0.2, -0.15) is 0 Å². The molecular weight excluding hydrogens is 316 g/mol. The first-order valence-corrected chi connectivity index (χ1v) is 9.28. The number of carbonyl (C=O) groups excluding carboxylic acids is 1. The standard InChI is InChI=1S/C19H30N4O2/c1-16-13-17(2)15-18(14-16)22-5-7-23(8-6-22)19(24)20-3-4-21-9-11-25-12-10-21/h13-15H,3-12H2,1-2H3,(H,20,24). The second-order valence-corrected chi connectivity index (χ2v) is 7.01. The molecule has 1 aromatic carbocycles. The monoisotopic (exact) mass is 346 g/mol. The average molecular weight is 346 g/mol. The zero-order chi connectivity index (χ0) is 17.6. The van der Waals surface area contributed by atoms with Crippen molar-refractivity contribution in [3.05, 3.63) is 29.3 Å². The SMILES string of the molecule is Cc1cc(C)cc(N2CCN(C(=O)NCCN3CCOCC3)CC2)c1. The highest BCUT2D eigenvalue weighted by atomic mass is 16.5. The van der Waals surface area contributed by atoms with Crippen LogP contribution >= 0.6 is 0 Å². The Hall–Kier alpha value is -1.79. The largest absolute Gasteiger partial charge is 0.379 e. The Kier molecular flexibility index (Phi) is 6.15. The third-order valence-electron chi connectivity index (χ3n) is 4.95. The lowest BCUT2D eigenvalue weighted by Crippen LogP contribution is -2.53. The van der Waals surface area contributed by atoms with Crippen LogP contribution in [0.1, 0.15) is 11.1 Å². The number of morpholine rings is 1. The van der Waals surface area contributed by atoms with E-state index in [1.54, 1.807) is 0 Å². The zero-order valence-electron chi connectivity index (χ0n) is 15.5. The lowest BCUT2D eigenvalue weighted by Gasteiger charge is -2.36. The quantitative estimate of drug-likeness (QED) is 0.897. The molecule has 2 saturated heterocycles. The maximum atomic E-state index is 12.3. The van der Waals surface area contributed by atoms with Crippen LogP contribution in [0.25, 0.3) is 0 Å². The third kappa shape index (κ3) is 5.09. The minimum absolute atomic E-state index is 0.0633. The number of hydrogen-bond acceptors (Lipinski definition) is 4. The summed E-state index contributed by atoms with van der Waals surface area (Å²) in [5.74, 6) is 0. The molecule has 3 rings (SSSR count). The highest BCUT2D eigenvalue weighted by Gasteiger charge is 2.21. The minimum Gasteiger partial charge on any atom is -0.379 e. The zero-order valence-corrected chi connectivity index (χ0v) is 15.5. The summed E-state index contributed by atoms with van der Waals surface area (Å²) in [5, 5.41) is 3.06. The number of aryl methyl sites for hydroxylation is 2. The second-order valence-electron chi connectivity index (χ2n) is 7.01. The molecule has 0 atom stereocenters. The summed E-state index contributed by atoms with van der Waals surface area (Å²) in [5.41, 5.74) is 3.85. The van der Waals surface area contributed by atoms with Crippen molar-refractivity contribution in [2.75, 3.05) is 70.5 Å². The van der Waals surface area contributed by atoms with Gasteiger partial charge in [0.2, 0.25) is 0 Å². The number of ether oxygens (including phenoxy) is 1. The van der Waals surface area contributed by atoms with Crippen LogP contribution in [0.3, 0.4) is 0 Å². The predicted molar refractivity (Wildman–Crippen MR) is 100 cm³/mol. The van der Waals surface area contributed by atoms with Crippen LogP contribution in [0.15, 0.2) is 18.2 Å². The molecule has 2 aliphatic rings. The van der Waals surface area contributed by atoms with E-state index in [0.717, 1.165) is 59.0 Å². The van der Waals surface area contributed by atoms with E-state index < -0.39 is 0 Å². The number of nitrogens with zero attached hydrogens (tertiary/aromatic N) is 3. The normalized spacial score (nSPS) is 19.1. The summed E-state index contributed by atoms with van der Waals surface area (Å²) in [4.78, 5) is 19.0. The molecular formula is C19H30N4O2. The molecule has 138 valence electrons. The Labute approximate surface area is 150 Å². The maximum Gasteiger partial charge on any atom is 0.317 e. The van der Waals surface area contributed by atoms with Gasteiger partial charge in [0.05, 0.1) is 13.2 Å². The lowest BCUT2D eigenvalue weighted by atomic mass is 10.1. The van der Waals surface area contributed by atoms with Gasteiger partial charge >= 0.3 is 6.03 Å². The summed E-state index contributed by atoms with van der Waals surface area (Å²) >= 11 is 0. The Morgan fingerprint density at radius 2 is 1.64 bits per heavy atom. The summed E-state index contributed by atoms with van der Waals surface area (Å²) in [7, 11) is 0. The highest BCUT2D eigenvalue weighted by Crippen LogP contribution is 2.20. The molecule has 1 aromatic rings. The van der Waals surface area contributed by atoms with Crippen LogP contribution < -0.4 is 10.2 Å². The molecule has 25 heavy (non-hydrogen) atoms. The number of anilines is 1. The van der Waals surface area contributed by atoms with Gasteiger partial charge in [-0.3, -0.25) is 4.90 Å². The lowest BCUT2D eigenvalue weighted by molar-refractivity contribution is 0.0386. The summed E-state index contributed by atoms with van der Waals surface area (Å²) < 4.78 is 5.34. The van der Waals surface area contributed by atoms with E-state index in [9.17, 15) is 4.79 Å². The van der Waals surface area contributed by atoms with Crippen LogP contribution in [0.2, 0.25) is 0 Å². The number of nitrogens with one attached hydrogen (secondary N) is 1. The van der Waals surface area contributed by atoms with E-state index >= 15 is 0 Å². The molecule has 1 N–H and O–H groups in total. The molecule has 6 heteroatoms. The minimum atomic E-state index is 0.0633. The molecule has 0 spiro atoms. The van der Waals surface area contributed by atoms with E-state index in [0.29, 0.717) is 6.54 Å². The Balaban J connectivity index is 1.41. The molecule has 6 nitrogen and oxygen atoms in total. The fourth-order valence-electron chi connectivity index (χ4n) is 3.56. The molecule has 2 fully saturated rings. The van der Waals surface area contributed by atoms with Crippen molar-refractivity contribution in [1.82, 2.24) is 15.1 Å². The third-order valence-corrected chi connectivity index (χ3v) is 4.95. The number of urea groups is 1. The van der Waals surface area contributed by atoms with Crippen LogP contribution in [0.5, 0.6) is 0 Å². The molecule has 0 aromatic heterocycles. The topological polar surface area (TPSA) is 48.0 Å². The predicted octanol–water partition coefficient (Wildman–Crippen LogP) is 1.47. The van der Waals surface area contributed by atoms with Gasteiger partial charge in [0.15, 0.2) is 0 Å². The number of rotatable bonds is 4. The Morgan fingerprint density at radius 3 is 2.28 bits per heavy atom.